The highest BCUT2D eigenvalue weighted by Gasteiger charge is 2.13. The van der Waals surface area contributed by atoms with Crippen molar-refractivity contribution in [3.8, 4) is 11.4 Å². The van der Waals surface area contributed by atoms with Crippen molar-refractivity contribution < 1.29 is 0 Å². The number of hydrogen-bond acceptors (Lipinski definition) is 3. The smallest absolute Gasteiger partial charge is 0.224 e. The van der Waals surface area contributed by atoms with E-state index in [-0.39, 0.29) is 0 Å². The average Bonchev–Trinajstić information content (AvgIpc) is 2.73. The van der Waals surface area contributed by atoms with Crippen LogP contribution in [0.1, 0.15) is 13.8 Å². The molecule has 1 aromatic carbocycles. The number of hydrogen-bond donors (Lipinski definition) is 1. The van der Waals surface area contributed by atoms with Crippen molar-refractivity contribution >= 4 is 28.5 Å². The van der Waals surface area contributed by atoms with E-state index < -0.39 is 0 Å². The Hall–Kier alpha value is -1.11. The lowest BCUT2D eigenvalue weighted by Crippen LogP contribution is -2.07. The van der Waals surface area contributed by atoms with Crippen molar-refractivity contribution in [2.75, 3.05) is 11.9 Å². The Balaban J connectivity index is 2.49. The van der Waals surface area contributed by atoms with Crippen LogP contribution in [-0.4, -0.2) is 21.3 Å². The normalized spacial score (nSPS) is 10.5. The molecule has 0 aliphatic heterocycles. The fourth-order valence-corrected chi connectivity index (χ4v) is 2.36. The molecule has 1 heterocycles. The molecule has 2 aromatic rings. The van der Waals surface area contributed by atoms with Gasteiger partial charge in [0.05, 0.1) is 0 Å². The first kappa shape index (κ1) is 12.3. The molecule has 5 heteroatoms. The summed E-state index contributed by atoms with van der Waals surface area (Å²) in [7, 11) is 0. The molecule has 0 unspecified atom stereocenters. The maximum absolute atomic E-state index is 4.28. The van der Waals surface area contributed by atoms with Gasteiger partial charge in [0.25, 0.3) is 0 Å². The van der Waals surface area contributed by atoms with Crippen LogP contribution < -0.4 is 5.32 Å². The van der Waals surface area contributed by atoms with Gasteiger partial charge in [0.15, 0.2) is 5.82 Å². The summed E-state index contributed by atoms with van der Waals surface area (Å²) in [4.78, 5) is 0. The molecule has 0 spiro atoms. The average molecular weight is 342 g/mol. The molecule has 0 aliphatic rings. The van der Waals surface area contributed by atoms with Crippen LogP contribution in [0.2, 0.25) is 0 Å². The first-order chi connectivity index (χ1) is 8.27. The van der Waals surface area contributed by atoms with Gasteiger partial charge in [-0.2, -0.15) is 0 Å². The molecule has 0 radical (unpaired) electrons. The molecule has 0 bridgehead atoms. The van der Waals surface area contributed by atoms with Gasteiger partial charge in [-0.1, -0.05) is 18.2 Å². The number of anilines is 1. The maximum atomic E-state index is 4.28. The summed E-state index contributed by atoms with van der Waals surface area (Å²) in [6.45, 7) is 5.86. The topological polar surface area (TPSA) is 42.7 Å². The molecule has 0 saturated carbocycles. The van der Waals surface area contributed by atoms with Gasteiger partial charge in [0.2, 0.25) is 5.95 Å². The standard InChI is InChI=1S/C12H15IN4/c1-3-14-12-16-15-11(17(12)4-2)9-7-5-6-8-10(9)13/h5-8H,3-4H2,1-2H3,(H,14,16). The van der Waals surface area contributed by atoms with Gasteiger partial charge in [-0.15, -0.1) is 10.2 Å². The SMILES string of the molecule is CCNc1nnc(-c2ccccc2I)n1CC. The lowest BCUT2D eigenvalue weighted by atomic mass is 10.2. The summed E-state index contributed by atoms with van der Waals surface area (Å²) in [5.74, 6) is 1.76. The van der Waals surface area contributed by atoms with Crippen LogP contribution in [0.3, 0.4) is 0 Å². The monoisotopic (exact) mass is 342 g/mol. The Morgan fingerprint density at radius 1 is 1.24 bits per heavy atom. The first-order valence-electron chi connectivity index (χ1n) is 5.69. The molecule has 17 heavy (non-hydrogen) atoms. The number of rotatable bonds is 4. The summed E-state index contributed by atoms with van der Waals surface area (Å²) in [5.41, 5.74) is 1.13. The van der Waals surface area contributed by atoms with Crippen molar-refractivity contribution in [2.45, 2.75) is 20.4 Å². The lowest BCUT2D eigenvalue weighted by Gasteiger charge is -2.08. The molecule has 0 amide bonds. The van der Waals surface area contributed by atoms with E-state index in [0.717, 1.165) is 30.4 Å². The van der Waals surface area contributed by atoms with Crippen LogP contribution >= 0.6 is 22.6 Å². The quantitative estimate of drug-likeness (QED) is 0.869. The number of nitrogens with zero attached hydrogens (tertiary/aromatic N) is 3. The second kappa shape index (κ2) is 5.48. The van der Waals surface area contributed by atoms with E-state index in [1.807, 2.05) is 12.1 Å². The minimum atomic E-state index is 0.838. The molecule has 0 atom stereocenters. The molecule has 4 nitrogen and oxygen atoms in total. The number of halogens is 1. The first-order valence-corrected chi connectivity index (χ1v) is 6.77. The van der Waals surface area contributed by atoms with Crippen LogP contribution in [0.15, 0.2) is 24.3 Å². The van der Waals surface area contributed by atoms with Crippen LogP contribution in [0.25, 0.3) is 11.4 Å². The van der Waals surface area contributed by atoms with Crippen molar-refractivity contribution in [3.05, 3.63) is 27.8 Å². The molecule has 0 saturated heterocycles. The van der Waals surface area contributed by atoms with Gasteiger partial charge < -0.3 is 5.32 Å². The summed E-state index contributed by atoms with van der Waals surface area (Å²) >= 11 is 2.33. The second-order valence-electron chi connectivity index (χ2n) is 3.60. The zero-order chi connectivity index (χ0) is 12.3. The van der Waals surface area contributed by atoms with Crippen molar-refractivity contribution in [3.63, 3.8) is 0 Å². The second-order valence-corrected chi connectivity index (χ2v) is 4.76. The maximum Gasteiger partial charge on any atom is 0.224 e. The third-order valence-corrected chi connectivity index (χ3v) is 3.46. The minimum Gasteiger partial charge on any atom is -0.355 e. The highest BCUT2D eigenvalue weighted by molar-refractivity contribution is 14.1. The summed E-state index contributed by atoms with van der Waals surface area (Å²) in [5, 5.41) is 11.7. The van der Waals surface area contributed by atoms with Crippen molar-refractivity contribution in [1.29, 1.82) is 0 Å². The van der Waals surface area contributed by atoms with E-state index in [1.54, 1.807) is 0 Å². The summed E-state index contributed by atoms with van der Waals surface area (Å²) < 4.78 is 3.29. The van der Waals surface area contributed by atoms with E-state index in [0.29, 0.717) is 0 Å². The lowest BCUT2D eigenvalue weighted by molar-refractivity contribution is 0.770. The minimum absolute atomic E-state index is 0.838. The molecular formula is C12H15IN4. The molecule has 2 rings (SSSR count). The molecule has 1 N–H and O–H groups in total. The third-order valence-electron chi connectivity index (χ3n) is 2.52. The molecule has 1 aromatic heterocycles. The Morgan fingerprint density at radius 2 is 2.00 bits per heavy atom. The Bertz CT molecular complexity index is 507. The molecular weight excluding hydrogens is 327 g/mol. The highest BCUT2D eigenvalue weighted by atomic mass is 127. The number of aromatic nitrogens is 3. The number of benzene rings is 1. The van der Waals surface area contributed by atoms with Crippen LogP contribution in [0, 0.1) is 3.57 Å². The largest absolute Gasteiger partial charge is 0.355 e. The van der Waals surface area contributed by atoms with E-state index >= 15 is 0 Å². The summed E-state index contributed by atoms with van der Waals surface area (Å²) in [6.07, 6.45) is 0. The Labute approximate surface area is 115 Å². The zero-order valence-electron chi connectivity index (χ0n) is 9.94. The van der Waals surface area contributed by atoms with E-state index in [1.165, 1.54) is 3.57 Å². The zero-order valence-corrected chi connectivity index (χ0v) is 12.1. The fourth-order valence-electron chi connectivity index (χ4n) is 1.73. The van der Waals surface area contributed by atoms with E-state index in [4.69, 9.17) is 0 Å². The van der Waals surface area contributed by atoms with Gasteiger partial charge in [-0.25, -0.2) is 0 Å². The van der Waals surface area contributed by atoms with Gasteiger partial charge in [-0.05, 0) is 42.5 Å². The fraction of sp³-hybridized carbons (Fsp3) is 0.333. The van der Waals surface area contributed by atoms with Crippen LogP contribution in [-0.2, 0) is 6.54 Å². The van der Waals surface area contributed by atoms with E-state index in [9.17, 15) is 0 Å². The Kier molecular flexibility index (Phi) is 3.98. The van der Waals surface area contributed by atoms with Gasteiger partial charge in [0.1, 0.15) is 0 Å². The highest BCUT2D eigenvalue weighted by Crippen LogP contribution is 2.25. The van der Waals surface area contributed by atoms with Gasteiger partial charge in [0, 0.05) is 22.2 Å². The molecule has 90 valence electrons. The summed E-state index contributed by atoms with van der Waals surface area (Å²) in [6, 6.07) is 8.22. The van der Waals surface area contributed by atoms with Crippen molar-refractivity contribution in [2.24, 2.45) is 0 Å². The Morgan fingerprint density at radius 3 is 2.65 bits per heavy atom. The predicted octanol–water partition coefficient (Wildman–Crippen LogP) is 3.00. The molecule has 0 fully saturated rings. The van der Waals surface area contributed by atoms with Gasteiger partial charge in [-0.3, -0.25) is 4.57 Å². The van der Waals surface area contributed by atoms with Crippen molar-refractivity contribution in [1.82, 2.24) is 14.8 Å². The van der Waals surface area contributed by atoms with Crippen LogP contribution in [0.4, 0.5) is 5.95 Å². The van der Waals surface area contributed by atoms with E-state index in [2.05, 4.69) is 68.7 Å². The predicted molar refractivity (Wildman–Crippen MR) is 78.0 cm³/mol. The number of nitrogens with one attached hydrogen (secondary N) is 1. The molecule has 0 aliphatic carbocycles. The van der Waals surface area contributed by atoms with Crippen LogP contribution in [0.5, 0.6) is 0 Å². The third kappa shape index (κ3) is 2.43. The van der Waals surface area contributed by atoms with Gasteiger partial charge >= 0.3 is 0 Å².